The monoisotopic (exact) mass is 211 g/mol. The molecule has 0 saturated carbocycles. The Morgan fingerprint density at radius 3 is 2.80 bits per heavy atom. The molecule has 1 atom stereocenters. The van der Waals surface area contributed by atoms with Crippen LogP contribution in [-0.4, -0.2) is 29.1 Å². The molecule has 1 unspecified atom stereocenters. The van der Waals surface area contributed by atoms with Crippen LogP contribution < -0.4 is 5.73 Å². The summed E-state index contributed by atoms with van der Waals surface area (Å²) < 4.78 is 4.68. The lowest BCUT2D eigenvalue weighted by Crippen LogP contribution is -2.44. The fourth-order valence-corrected chi connectivity index (χ4v) is 1.18. The average molecular weight is 211 g/mol. The molecule has 1 heterocycles. The molecular formula is C10H17N3O2. The molecule has 15 heavy (non-hydrogen) atoms. The smallest absolute Gasteiger partial charge is 0.239 e. The molecule has 5 nitrogen and oxygen atoms in total. The SMILES string of the molecule is CC(C)C(N)C(=O)N(C)Cc1ccon1. The quantitative estimate of drug-likeness (QED) is 0.792. The number of carbonyl (C=O) groups excluding carboxylic acids is 1. The molecule has 1 amide bonds. The second kappa shape index (κ2) is 4.93. The zero-order valence-corrected chi connectivity index (χ0v) is 9.30. The first-order valence-corrected chi connectivity index (χ1v) is 4.92. The number of hydrogen-bond donors (Lipinski definition) is 1. The van der Waals surface area contributed by atoms with Crippen LogP contribution in [-0.2, 0) is 11.3 Å². The third kappa shape index (κ3) is 3.06. The molecule has 2 N–H and O–H groups in total. The first-order chi connectivity index (χ1) is 7.02. The Kier molecular flexibility index (Phi) is 3.85. The summed E-state index contributed by atoms with van der Waals surface area (Å²) in [4.78, 5) is 13.3. The summed E-state index contributed by atoms with van der Waals surface area (Å²) in [7, 11) is 1.71. The van der Waals surface area contributed by atoms with Crippen LogP contribution in [0, 0.1) is 5.92 Å². The molecule has 0 spiro atoms. The summed E-state index contributed by atoms with van der Waals surface area (Å²) in [6, 6.07) is 1.27. The second-order valence-corrected chi connectivity index (χ2v) is 3.95. The van der Waals surface area contributed by atoms with E-state index in [0.29, 0.717) is 6.54 Å². The highest BCUT2D eigenvalue weighted by Gasteiger charge is 2.21. The Morgan fingerprint density at radius 1 is 1.67 bits per heavy atom. The zero-order chi connectivity index (χ0) is 11.4. The van der Waals surface area contributed by atoms with Crippen LogP contribution in [0.1, 0.15) is 19.5 Å². The van der Waals surface area contributed by atoms with Gasteiger partial charge in [0.15, 0.2) is 0 Å². The third-order valence-corrected chi connectivity index (χ3v) is 2.27. The van der Waals surface area contributed by atoms with E-state index in [4.69, 9.17) is 5.73 Å². The van der Waals surface area contributed by atoms with Crippen LogP contribution >= 0.6 is 0 Å². The first-order valence-electron chi connectivity index (χ1n) is 4.92. The van der Waals surface area contributed by atoms with Gasteiger partial charge < -0.3 is 15.2 Å². The molecule has 1 rings (SSSR count). The van der Waals surface area contributed by atoms with Gasteiger partial charge in [0, 0.05) is 13.1 Å². The minimum absolute atomic E-state index is 0.0759. The number of aromatic nitrogens is 1. The number of carbonyl (C=O) groups is 1. The van der Waals surface area contributed by atoms with E-state index in [1.807, 2.05) is 13.8 Å². The van der Waals surface area contributed by atoms with Crippen LogP contribution in [0.3, 0.4) is 0 Å². The maximum Gasteiger partial charge on any atom is 0.239 e. The molecule has 84 valence electrons. The number of nitrogens with two attached hydrogens (primary N) is 1. The Balaban J connectivity index is 2.54. The van der Waals surface area contributed by atoms with Crippen LogP contribution in [0.4, 0.5) is 0 Å². The van der Waals surface area contributed by atoms with Crippen molar-refractivity contribution in [1.29, 1.82) is 0 Å². The predicted octanol–water partition coefficient (Wildman–Crippen LogP) is 0.616. The van der Waals surface area contributed by atoms with Crippen molar-refractivity contribution in [3.8, 4) is 0 Å². The summed E-state index contributed by atoms with van der Waals surface area (Å²) >= 11 is 0. The first kappa shape index (κ1) is 11.7. The normalized spacial score (nSPS) is 12.9. The van der Waals surface area contributed by atoms with Crippen molar-refractivity contribution in [1.82, 2.24) is 10.1 Å². The molecule has 1 aromatic rings. The highest BCUT2D eigenvalue weighted by molar-refractivity contribution is 5.81. The number of hydrogen-bond acceptors (Lipinski definition) is 4. The minimum atomic E-state index is -0.457. The average Bonchev–Trinajstić information content (AvgIpc) is 2.67. The van der Waals surface area contributed by atoms with Crippen molar-refractivity contribution in [2.24, 2.45) is 11.7 Å². The maximum absolute atomic E-state index is 11.8. The van der Waals surface area contributed by atoms with Gasteiger partial charge in [0.2, 0.25) is 5.91 Å². The van der Waals surface area contributed by atoms with Crippen molar-refractivity contribution >= 4 is 5.91 Å². The highest BCUT2D eigenvalue weighted by Crippen LogP contribution is 2.05. The lowest BCUT2D eigenvalue weighted by atomic mass is 10.0. The summed E-state index contributed by atoms with van der Waals surface area (Å²) in [5, 5.41) is 3.73. The van der Waals surface area contributed by atoms with E-state index >= 15 is 0 Å². The number of rotatable bonds is 4. The van der Waals surface area contributed by atoms with Crippen LogP contribution in [0.5, 0.6) is 0 Å². The van der Waals surface area contributed by atoms with Crippen molar-refractivity contribution in [2.75, 3.05) is 7.05 Å². The zero-order valence-electron chi connectivity index (χ0n) is 9.30. The summed E-state index contributed by atoms with van der Waals surface area (Å²) in [5.41, 5.74) is 6.48. The number of likely N-dealkylation sites (N-methyl/N-ethyl adjacent to an activating group) is 1. The molecule has 0 aromatic carbocycles. The fraction of sp³-hybridized carbons (Fsp3) is 0.600. The Hall–Kier alpha value is -1.36. The molecular weight excluding hydrogens is 194 g/mol. The molecule has 0 aliphatic heterocycles. The van der Waals surface area contributed by atoms with E-state index in [-0.39, 0.29) is 11.8 Å². The topological polar surface area (TPSA) is 72.4 Å². The molecule has 0 bridgehead atoms. The minimum Gasteiger partial charge on any atom is -0.364 e. The van der Waals surface area contributed by atoms with Gasteiger partial charge in [0.05, 0.1) is 12.6 Å². The molecule has 0 aliphatic rings. The van der Waals surface area contributed by atoms with E-state index in [2.05, 4.69) is 9.68 Å². The van der Waals surface area contributed by atoms with Gasteiger partial charge in [-0.25, -0.2) is 0 Å². The summed E-state index contributed by atoms with van der Waals surface area (Å²) in [6.45, 7) is 4.27. The van der Waals surface area contributed by atoms with E-state index in [0.717, 1.165) is 5.69 Å². The summed E-state index contributed by atoms with van der Waals surface area (Å²) in [5.74, 6) is 0.0604. The largest absolute Gasteiger partial charge is 0.364 e. The molecule has 5 heteroatoms. The lowest BCUT2D eigenvalue weighted by Gasteiger charge is -2.22. The maximum atomic E-state index is 11.8. The van der Waals surface area contributed by atoms with Gasteiger partial charge in [-0.1, -0.05) is 19.0 Å². The molecule has 0 aliphatic carbocycles. The van der Waals surface area contributed by atoms with E-state index < -0.39 is 6.04 Å². The third-order valence-electron chi connectivity index (χ3n) is 2.27. The Morgan fingerprint density at radius 2 is 2.33 bits per heavy atom. The lowest BCUT2D eigenvalue weighted by molar-refractivity contribution is -0.132. The van der Waals surface area contributed by atoms with Crippen molar-refractivity contribution in [2.45, 2.75) is 26.4 Å². The second-order valence-electron chi connectivity index (χ2n) is 3.95. The van der Waals surface area contributed by atoms with Crippen molar-refractivity contribution in [3.05, 3.63) is 18.0 Å². The van der Waals surface area contributed by atoms with Crippen LogP contribution in [0.15, 0.2) is 16.9 Å². The van der Waals surface area contributed by atoms with Gasteiger partial charge in [-0.05, 0) is 5.92 Å². The van der Waals surface area contributed by atoms with Gasteiger partial charge in [0.1, 0.15) is 12.0 Å². The molecule has 0 radical (unpaired) electrons. The van der Waals surface area contributed by atoms with Crippen molar-refractivity contribution in [3.63, 3.8) is 0 Å². The van der Waals surface area contributed by atoms with E-state index in [1.165, 1.54) is 6.26 Å². The van der Waals surface area contributed by atoms with E-state index in [1.54, 1.807) is 18.0 Å². The van der Waals surface area contributed by atoms with Crippen molar-refractivity contribution < 1.29 is 9.32 Å². The summed E-state index contributed by atoms with van der Waals surface area (Å²) in [6.07, 6.45) is 1.48. The Labute approximate surface area is 89.2 Å². The Bertz CT molecular complexity index is 308. The standard InChI is InChI=1S/C10H17N3O2/c1-7(2)9(11)10(14)13(3)6-8-4-5-15-12-8/h4-5,7,9H,6,11H2,1-3H3. The van der Waals surface area contributed by atoms with Gasteiger partial charge in [0.25, 0.3) is 0 Å². The van der Waals surface area contributed by atoms with Gasteiger partial charge in [-0.3, -0.25) is 4.79 Å². The van der Waals surface area contributed by atoms with Crippen LogP contribution in [0.25, 0.3) is 0 Å². The molecule has 0 saturated heterocycles. The van der Waals surface area contributed by atoms with Gasteiger partial charge in [-0.2, -0.15) is 0 Å². The predicted molar refractivity (Wildman–Crippen MR) is 55.8 cm³/mol. The van der Waals surface area contributed by atoms with Gasteiger partial charge >= 0.3 is 0 Å². The van der Waals surface area contributed by atoms with Gasteiger partial charge in [-0.15, -0.1) is 0 Å². The number of nitrogens with zero attached hydrogens (tertiary/aromatic N) is 2. The number of amides is 1. The molecule has 1 aromatic heterocycles. The van der Waals surface area contributed by atoms with Crippen LogP contribution in [0.2, 0.25) is 0 Å². The van der Waals surface area contributed by atoms with E-state index in [9.17, 15) is 4.79 Å². The highest BCUT2D eigenvalue weighted by atomic mass is 16.5. The fourth-order valence-electron chi connectivity index (χ4n) is 1.18. The molecule has 0 fully saturated rings.